The van der Waals surface area contributed by atoms with Gasteiger partial charge in [-0.3, -0.25) is 0 Å². The van der Waals surface area contributed by atoms with Crippen molar-refractivity contribution >= 4 is 0 Å². The van der Waals surface area contributed by atoms with Gasteiger partial charge in [-0.15, -0.1) is 0 Å². The Morgan fingerprint density at radius 1 is 0.950 bits per heavy atom. The first-order chi connectivity index (χ1) is 9.39. The highest BCUT2D eigenvalue weighted by Gasteiger charge is 2.12. The summed E-state index contributed by atoms with van der Waals surface area (Å²) in [5.41, 5.74) is 3.17. The normalized spacial score (nSPS) is 12.1. The van der Waals surface area contributed by atoms with Gasteiger partial charge >= 0.3 is 0 Å². The second-order valence-corrected chi connectivity index (χ2v) is 7.23. The Morgan fingerprint density at radius 3 is 2.10 bits per heavy atom. The zero-order valence-corrected chi connectivity index (χ0v) is 14.1. The number of nitrogens with two attached hydrogens (primary N) is 1. The van der Waals surface area contributed by atoms with Crippen LogP contribution in [0.25, 0.3) is 0 Å². The maximum Gasteiger partial charge on any atom is 0.0821 e. The Hall–Kier alpha value is -0.860. The molecular weight excluding hydrogens is 244 g/mol. The van der Waals surface area contributed by atoms with Crippen molar-refractivity contribution in [1.82, 2.24) is 0 Å². The molecule has 0 saturated carbocycles. The first kappa shape index (κ1) is 17.2. The average Bonchev–Trinajstić information content (AvgIpc) is 2.37. The molecule has 0 bridgehead atoms. The number of hydrogen-bond donors (Lipinski definition) is 2. The number of benzene rings is 1. The van der Waals surface area contributed by atoms with E-state index in [0.29, 0.717) is 0 Å². The van der Waals surface area contributed by atoms with Gasteiger partial charge < -0.3 is 10.2 Å². The van der Waals surface area contributed by atoms with E-state index in [1.165, 1.54) is 50.0 Å². The van der Waals surface area contributed by atoms with Gasteiger partial charge in [0.2, 0.25) is 0 Å². The second-order valence-electron chi connectivity index (χ2n) is 7.23. The molecule has 2 heteroatoms. The van der Waals surface area contributed by atoms with Gasteiger partial charge in [-0.2, -0.15) is 0 Å². The molecule has 0 unspecified atom stereocenters. The molecule has 0 aliphatic carbocycles. The summed E-state index contributed by atoms with van der Waals surface area (Å²) in [6.45, 7) is 10.6. The maximum atomic E-state index is 2.46. The molecular formula is C18H34N2+2. The number of hydrogen-bond acceptors (Lipinski definition) is 0. The summed E-state index contributed by atoms with van der Waals surface area (Å²) in [7, 11) is 4.45. The lowest BCUT2D eigenvalue weighted by atomic mass is 9.86. The summed E-state index contributed by atoms with van der Waals surface area (Å²) >= 11 is 0. The summed E-state index contributed by atoms with van der Waals surface area (Å²) < 4.78 is 0. The van der Waals surface area contributed by atoms with Crippen molar-refractivity contribution < 1.29 is 10.2 Å². The summed E-state index contributed by atoms with van der Waals surface area (Å²) in [6.07, 6.45) is 3.81. The van der Waals surface area contributed by atoms with Crippen LogP contribution in [0.3, 0.4) is 0 Å². The van der Waals surface area contributed by atoms with E-state index in [0.717, 1.165) is 0 Å². The van der Waals surface area contributed by atoms with Crippen molar-refractivity contribution in [2.24, 2.45) is 0 Å². The highest BCUT2D eigenvalue weighted by Crippen LogP contribution is 2.22. The van der Waals surface area contributed by atoms with Crippen molar-refractivity contribution in [3.05, 3.63) is 35.4 Å². The third-order valence-corrected chi connectivity index (χ3v) is 3.78. The number of quaternary nitrogens is 2. The van der Waals surface area contributed by atoms with Crippen molar-refractivity contribution in [3.63, 3.8) is 0 Å². The Balaban J connectivity index is 2.16. The van der Waals surface area contributed by atoms with Gasteiger partial charge in [-0.25, -0.2) is 0 Å². The third kappa shape index (κ3) is 7.06. The van der Waals surface area contributed by atoms with Crippen LogP contribution in [0.4, 0.5) is 0 Å². The van der Waals surface area contributed by atoms with Crippen LogP contribution in [0.5, 0.6) is 0 Å². The fraction of sp³-hybridized carbons (Fsp3) is 0.667. The lowest BCUT2D eigenvalue weighted by Crippen LogP contribution is -3.06. The second kappa shape index (κ2) is 8.43. The first-order valence-corrected chi connectivity index (χ1v) is 8.09. The highest BCUT2D eigenvalue weighted by molar-refractivity contribution is 5.27. The van der Waals surface area contributed by atoms with Gasteiger partial charge in [-0.05, 0) is 23.0 Å². The minimum Gasteiger partial charge on any atom is -0.346 e. The van der Waals surface area contributed by atoms with E-state index >= 15 is 0 Å². The Kier molecular flexibility index (Phi) is 7.25. The molecule has 0 amide bonds. The third-order valence-electron chi connectivity index (χ3n) is 3.78. The monoisotopic (exact) mass is 278 g/mol. The molecule has 0 aromatic heterocycles. The van der Waals surface area contributed by atoms with Gasteiger partial charge in [0.1, 0.15) is 0 Å². The van der Waals surface area contributed by atoms with Crippen molar-refractivity contribution in [2.75, 3.05) is 33.7 Å². The molecule has 20 heavy (non-hydrogen) atoms. The van der Waals surface area contributed by atoms with Gasteiger partial charge in [0.25, 0.3) is 0 Å². The smallest absolute Gasteiger partial charge is 0.0821 e. The van der Waals surface area contributed by atoms with Gasteiger partial charge in [0, 0.05) is 12.8 Å². The van der Waals surface area contributed by atoms with Crippen LogP contribution in [-0.4, -0.2) is 33.7 Å². The molecule has 2 nitrogen and oxygen atoms in total. The summed E-state index contributed by atoms with van der Waals surface area (Å²) in [4.78, 5) is 1.55. The van der Waals surface area contributed by atoms with E-state index in [1.807, 2.05) is 0 Å². The van der Waals surface area contributed by atoms with Crippen molar-refractivity contribution in [3.8, 4) is 0 Å². The minimum absolute atomic E-state index is 0.265. The Bertz CT molecular complexity index is 360. The zero-order valence-electron chi connectivity index (χ0n) is 14.1. The molecule has 114 valence electrons. The molecule has 1 aromatic rings. The molecule has 0 radical (unpaired) electrons. The van der Waals surface area contributed by atoms with E-state index in [2.05, 4.69) is 64.4 Å². The van der Waals surface area contributed by atoms with Crippen LogP contribution in [0.1, 0.15) is 44.7 Å². The molecule has 0 saturated heterocycles. The molecule has 1 aromatic carbocycles. The quantitative estimate of drug-likeness (QED) is 0.663. The lowest BCUT2D eigenvalue weighted by Gasteiger charge is -2.19. The van der Waals surface area contributed by atoms with E-state index in [-0.39, 0.29) is 5.41 Å². The van der Waals surface area contributed by atoms with Crippen LogP contribution < -0.4 is 10.2 Å². The lowest BCUT2D eigenvalue weighted by molar-refractivity contribution is -0.860. The van der Waals surface area contributed by atoms with Crippen molar-refractivity contribution in [2.45, 2.75) is 45.4 Å². The molecule has 1 rings (SSSR count). The van der Waals surface area contributed by atoms with Crippen LogP contribution in [-0.2, 0) is 11.8 Å². The number of rotatable bonds is 8. The van der Waals surface area contributed by atoms with E-state index in [4.69, 9.17) is 0 Å². The molecule has 0 atom stereocenters. The highest BCUT2D eigenvalue weighted by atomic mass is 15.0. The Morgan fingerprint density at radius 2 is 1.55 bits per heavy atom. The minimum atomic E-state index is 0.265. The molecule has 0 heterocycles. The number of aryl methyl sites for hydroxylation is 1. The maximum absolute atomic E-state index is 2.46. The van der Waals surface area contributed by atoms with Gasteiger partial charge in [0.15, 0.2) is 0 Å². The summed E-state index contributed by atoms with van der Waals surface area (Å²) in [6, 6.07) is 9.18. The molecule has 0 fully saturated rings. The predicted octanol–water partition coefficient (Wildman–Crippen LogP) is 1.01. The summed E-state index contributed by atoms with van der Waals surface area (Å²) in [5, 5.41) is 2.46. The Labute approximate surface area is 125 Å². The fourth-order valence-electron chi connectivity index (χ4n) is 2.37. The number of nitrogens with one attached hydrogen (secondary N) is 1. The van der Waals surface area contributed by atoms with Crippen LogP contribution in [0.15, 0.2) is 24.3 Å². The fourth-order valence-corrected chi connectivity index (χ4v) is 2.37. The van der Waals surface area contributed by atoms with E-state index in [9.17, 15) is 0 Å². The largest absolute Gasteiger partial charge is 0.346 e. The van der Waals surface area contributed by atoms with Crippen LogP contribution >= 0.6 is 0 Å². The van der Waals surface area contributed by atoms with E-state index in [1.54, 1.807) is 4.90 Å². The first-order valence-electron chi connectivity index (χ1n) is 8.09. The SMILES string of the molecule is C[NH+](C)CCC[NH2+]CCCc1ccc(C(C)(C)C)cc1. The van der Waals surface area contributed by atoms with Crippen LogP contribution in [0.2, 0.25) is 0 Å². The average molecular weight is 278 g/mol. The van der Waals surface area contributed by atoms with Crippen LogP contribution in [0, 0.1) is 0 Å². The molecule has 0 aliphatic heterocycles. The zero-order chi connectivity index (χ0) is 15.0. The van der Waals surface area contributed by atoms with Gasteiger partial charge in [0.05, 0.1) is 33.7 Å². The van der Waals surface area contributed by atoms with E-state index < -0.39 is 0 Å². The standard InChI is InChI=1S/C18H32N2/c1-18(2,3)17-11-9-16(10-12-17)8-6-13-19-14-7-15-20(4)5/h9-12,19H,6-8,13-15H2,1-5H3/p+2. The summed E-state index contributed by atoms with van der Waals surface area (Å²) in [5.74, 6) is 0. The topological polar surface area (TPSA) is 21.1 Å². The molecule has 0 spiro atoms. The van der Waals surface area contributed by atoms with Crippen molar-refractivity contribution in [1.29, 1.82) is 0 Å². The predicted molar refractivity (Wildman–Crippen MR) is 87.4 cm³/mol. The molecule has 0 aliphatic rings. The van der Waals surface area contributed by atoms with Gasteiger partial charge in [-0.1, -0.05) is 45.0 Å². The molecule has 3 N–H and O–H groups in total.